The first-order valence-electron chi connectivity index (χ1n) is 8.70. The van der Waals surface area contributed by atoms with Gasteiger partial charge in [0.2, 0.25) is 0 Å². The van der Waals surface area contributed by atoms with Crippen molar-refractivity contribution in [3.8, 4) is 5.75 Å². The van der Waals surface area contributed by atoms with Gasteiger partial charge in [-0.3, -0.25) is 0 Å². The summed E-state index contributed by atoms with van der Waals surface area (Å²) < 4.78 is 5.84. The standard InChI is InChI=1S/C22H19Cl2NO3.ClH/c23-19-9-8-18(21(24)11-19)14-28-20-3-1-2-16(10-20)13-25-12-15-4-6-17(7-5-15)22(26)27;/h1-11,25H,12-14H2,(H,26,27);1H. The molecule has 7 heteroatoms. The number of halogens is 3. The van der Waals surface area contributed by atoms with Gasteiger partial charge in [0, 0.05) is 28.7 Å². The van der Waals surface area contributed by atoms with Crippen LogP contribution in [0.4, 0.5) is 0 Å². The summed E-state index contributed by atoms with van der Waals surface area (Å²) in [4.78, 5) is 10.9. The number of hydrogen-bond acceptors (Lipinski definition) is 3. The highest BCUT2D eigenvalue weighted by Crippen LogP contribution is 2.23. The van der Waals surface area contributed by atoms with Gasteiger partial charge in [0.05, 0.1) is 5.56 Å². The molecule has 0 radical (unpaired) electrons. The maximum Gasteiger partial charge on any atom is 0.335 e. The van der Waals surface area contributed by atoms with Gasteiger partial charge >= 0.3 is 5.97 Å². The second-order valence-corrected chi connectivity index (χ2v) is 7.12. The molecule has 0 amide bonds. The molecule has 0 unspecified atom stereocenters. The molecular weight excluding hydrogens is 433 g/mol. The van der Waals surface area contributed by atoms with E-state index in [4.69, 9.17) is 33.0 Å². The molecule has 0 aliphatic carbocycles. The molecule has 152 valence electrons. The van der Waals surface area contributed by atoms with Crippen LogP contribution in [0.25, 0.3) is 0 Å². The van der Waals surface area contributed by atoms with Gasteiger partial charge in [-0.05, 0) is 47.5 Å². The average Bonchev–Trinajstić information content (AvgIpc) is 2.68. The number of carbonyl (C=O) groups is 1. The summed E-state index contributed by atoms with van der Waals surface area (Å²) >= 11 is 12.1. The van der Waals surface area contributed by atoms with Crippen molar-refractivity contribution in [1.29, 1.82) is 0 Å². The summed E-state index contributed by atoms with van der Waals surface area (Å²) in [5.74, 6) is -0.160. The van der Waals surface area contributed by atoms with Crippen LogP contribution in [-0.4, -0.2) is 11.1 Å². The summed E-state index contributed by atoms with van der Waals surface area (Å²) in [6.07, 6.45) is 0. The maximum atomic E-state index is 10.9. The Balaban J connectivity index is 0.00000300. The molecule has 0 bridgehead atoms. The summed E-state index contributed by atoms with van der Waals surface area (Å²) in [6.45, 7) is 1.67. The van der Waals surface area contributed by atoms with Crippen LogP contribution in [0.3, 0.4) is 0 Å². The normalized spacial score (nSPS) is 10.3. The molecule has 3 aromatic rings. The lowest BCUT2D eigenvalue weighted by molar-refractivity contribution is 0.0697. The van der Waals surface area contributed by atoms with Crippen LogP contribution in [0, 0.1) is 0 Å². The topological polar surface area (TPSA) is 58.6 Å². The highest BCUT2D eigenvalue weighted by molar-refractivity contribution is 6.35. The van der Waals surface area contributed by atoms with Crippen molar-refractivity contribution in [2.45, 2.75) is 19.7 Å². The number of hydrogen-bond donors (Lipinski definition) is 2. The molecular formula is C22H20Cl3NO3. The van der Waals surface area contributed by atoms with Crippen LogP contribution in [0.15, 0.2) is 66.7 Å². The van der Waals surface area contributed by atoms with Crippen molar-refractivity contribution in [1.82, 2.24) is 5.32 Å². The number of carboxylic acid groups (broad SMARTS) is 1. The van der Waals surface area contributed by atoms with Gasteiger partial charge in [-0.1, -0.05) is 53.5 Å². The van der Waals surface area contributed by atoms with Crippen LogP contribution in [-0.2, 0) is 19.7 Å². The van der Waals surface area contributed by atoms with Gasteiger partial charge in [-0.25, -0.2) is 4.79 Å². The fraction of sp³-hybridized carbons (Fsp3) is 0.136. The molecule has 2 N–H and O–H groups in total. The summed E-state index contributed by atoms with van der Waals surface area (Å²) in [6, 6.07) is 20.0. The molecule has 0 spiro atoms. The number of ether oxygens (including phenoxy) is 1. The lowest BCUT2D eigenvalue weighted by Gasteiger charge is -2.10. The fourth-order valence-corrected chi connectivity index (χ4v) is 3.12. The Kier molecular flexibility index (Phi) is 8.80. The Morgan fingerprint density at radius 2 is 1.66 bits per heavy atom. The van der Waals surface area contributed by atoms with Gasteiger partial charge in [-0.2, -0.15) is 0 Å². The third-order valence-corrected chi connectivity index (χ3v) is 4.75. The molecule has 0 heterocycles. The zero-order valence-corrected chi connectivity index (χ0v) is 17.7. The van der Waals surface area contributed by atoms with E-state index in [1.807, 2.05) is 42.5 Å². The van der Waals surface area contributed by atoms with Crippen molar-refractivity contribution >= 4 is 41.6 Å². The number of aromatic carboxylic acids is 1. The predicted octanol–water partition coefficient (Wildman–Crippen LogP) is 5.98. The molecule has 0 atom stereocenters. The molecule has 29 heavy (non-hydrogen) atoms. The van der Waals surface area contributed by atoms with Crippen LogP contribution in [0.1, 0.15) is 27.0 Å². The molecule has 0 fully saturated rings. The first-order valence-corrected chi connectivity index (χ1v) is 9.45. The molecule has 0 aliphatic rings. The summed E-state index contributed by atoms with van der Waals surface area (Å²) in [5, 5.41) is 13.5. The Morgan fingerprint density at radius 3 is 2.34 bits per heavy atom. The second-order valence-electron chi connectivity index (χ2n) is 6.28. The second kappa shape index (κ2) is 11.1. The SMILES string of the molecule is Cl.O=C(O)c1ccc(CNCc2cccc(OCc3ccc(Cl)cc3Cl)c2)cc1. The van der Waals surface area contributed by atoms with E-state index < -0.39 is 5.97 Å². The van der Waals surface area contributed by atoms with E-state index in [1.165, 1.54) is 0 Å². The average molecular weight is 453 g/mol. The summed E-state index contributed by atoms with van der Waals surface area (Å²) in [7, 11) is 0. The van der Waals surface area contributed by atoms with Gasteiger partial charge < -0.3 is 15.2 Å². The molecule has 3 aromatic carbocycles. The van der Waals surface area contributed by atoms with Crippen molar-refractivity contribution in [3.05, 3.63) is 99.0 Å². The largest absolute Gasteiger partial charge is 0.489 e. The monoisotopic (exact) mass is 451 g/mol. The predicted molar refractivity (Wildman–Crippen MR) is 118 cm³/mol. The van der Waals surface area contributed by atoms with Crippen molar-refractivity contribution in [2.24, 2.45) is 0 Å². The summed E-state index contributed by atoms with van der Waals surface area (Å²) in [5.41, 5.74) is 3.27. The van der Waals surface area contributed by atoms with E-state index in [2.05, 4.69) is 5.32 Å². The van der Waals surface area contributed by atoms with E-state index in [9.17, 15) is 4.79 Å². The smallest absolute Gasteiger partial charge is 0.335 e. The van der Waals surface area contributed by atoms with E-state index in [1.54, 1.807) is 24.3 Å². The van der Waals surface area contributed by atoms with Crippen molar-refractivity contribution in [3.63, 3.8) is 0 Å². The van der Waals surface area contributed by atoms with Crippen LogP contribution in [0.5, 0.6) is 5.75 Å². The fourth-order valence-electron chi connectivity index (χ4n) is 2.66. The Bertz CT molecular complexity index is 962. The lowest BCUT2D eigenvalue weighted by Crippen LogP contribution is -2.12. The van der Waals surface area contributed by atoms with Crippen molar-refractivity contribution in [2.75, 3.05) is 0 Å². The van der Waals surface area contributed by atoms with Gasteiger partial charge in [0.15, 0.2) is 0 Å². The first kappa shape index (κ1) is 23.0. The van der Waals surface area contributed by atoms with Gasteiger partial charge in [0.1, 0.15) is 12.4 Å². The zero-order valence-electron chi connectivity index (χ0n) is 15.4. The van der Waals surface area contributed by atoms with Crippen LogP contribution < -0.4 is 10.1 Å². The third kappa shape index (κ3) is 6.94. The molecule has 4 nitrogen and oxygen atoms in total. The molecule has 0 saturated carbocycles. The quantitative estimate of drug-likeness (QED) is 0.441. The van der Waals surface area contributed by atoms with E-state index in [0.717, 1.165) is 22.4 Å². The van der Waals surface area contributed by atoms with E-state index >= 15 is 0 Å². The van der Waals surface area contributed by atoms with Crippen molar-refractivity contribution < 1.29 is 14.6 Å². The van der Waals surface area contributed by atoms with Crippen LogP contribution >= 0.6 is 35.6 Å². The molecule has 3 rings (SSSR count). The van der Waals surface area contributed by atoms with E-state index in [-0.39, 0.29) is 18.0 Å². The zero-order chi connectivity index (χ0) is 19.9. The van der Waals surface area contributed by atoms with E-state index in [0.29, 0.717) is 29.7 Å². The number of benzene rings is 3. The Morgan fingerprint density at radius 1 is 0.931 bits per heavy atom. The number of rotatable bonds is 8. The maximum absolute atomic E-state index is 10.9. The first-order chi connectivity index (χ1) is 13.5. The highest BCUT2D eigenvalue weighted by atomic mass is 35.5. The van der Waals surface area contributed by atoms with Gasteiger partial charge in [0.25, 0.3) is 0 Å². The Labute approximate surface area is 185 Å². The van der Waals surface area contributed by atoms with Crippen LogP contribution in [0.2, 0.25) is 10.0 Å². The van der Waals surface area contributed by atoms with Gasteiger partial charge in [-0.15, -0.1) is 12.4 Å². The minimum absolute atomic E-state index is 0. The lowest BCUT2D eigenvalue weighted by atomic mass is 10.1. The molecule has 0 aliphatic heterocycles. The number of carboxylic acids is 1. The highest BCUT2D eigenvalue weighted by Gasteiger charge is 2.04. The molecule has 0 saturated heterocycles. The third-order valence-electron chi connectivity index (χ3n) is 4.17. The molecule has 0 aromatic heterocycles. The minimum atomic E-state index is -0.920. The number of nitrogens with one attached hydrogen (secondary N) is 1. The Hall–Kier alpha value is -2.24. The minimum Gasteiger partial charge on any atom is -0.489 e.